The second-order valence-electron chi connectivity index (χ2n) is 4.16. The normalized spacial score (nSPS) is 12.4. The van der Waals surface area contributed by atoms with E-state index in [4.69, 9.17) is 5.73 Å². The maximum Gasteiger partial charge on any atom is 0.151 e. The van der Waals surface area contributed by atoms with E-state index < -0.39 is 0 Å². The number of nitrogen functional groups attached to an aromatic ring is 1. The van der Waals surface area contributed by atoms with E-state index in [1.807, 2.05) is 19.2 Å². The van der Waals surface area contributed by atoms with E-state index in [0.717, 1.165) is 17.9 Å². The van der Waals surface area contributed by atoms with Crippen LogP contribution >= 0.6 is 11.3 Å². The topological polar surface area (TPSA) is 42.2 Å². The number of nitrogens with two attached hydrogens (primary N) is 1. The minimum absolute atomic E-state index is 0.380. The van der Waals surface area contributed by atoms with Crippen molar-refractivity contribution in [3.8, 4) is 0 Å². The van der Waals surface area contributed by atoms with E-state index in [2.05, 4.69) is 34.3 Å². The summed E-state index contributed by atoms with van der Waals surface area (Å²) < 4.78 is 0. The standard InChI is InChI=1S/C13H17N3S/c1-10(9-11-5-4-8-17-11)16(2)13-12(14)6-3-7-15-13/h3-8,10H,9,14H2,1-2H3. The van der Waals surface area contributed by atoms with Crippen molar-refractivity contribution in [1.29, 1.82) is 0 Å². The van der Waals surface area contributed by atoms with Crippen LogP contribution < -0.4 is 10.6 Å². The van der Waals surface area contributed by atoms with Crippen LogP contribution in [0, 0.1) is 0 Å². The Hall–Kier alpha value is -1.55. The summed E-state index contributed by atoms with van der Waals surface area (Å²) in [6.45, 7) is 2.19. The molecule has 0 saturated heterocycles. The summed E-state index contributed by atoms with van der Waals surface area (Å²) in [5.41, 5.74) is 6.66. The summed E-state index contributed by atoms with van der Waals surface area (Å²) in [6, 6.07) is 8.37. The lowest BCUT2D eigenvalue weighted by molar-refractivity contribution is 0.681. The number of nitrogens with zero attached hydrogens (tertiary/aromatic N) is 2. The van der Waals surface area contributed by atoms with Gasteiger partial charge in [0.1, 0.15) is 0 Å². The third-order valence-corrected chi connectivity index (χ3v) is 3.79. The molecule has 2 rings (SSSR count). The molecule has 0 radical (unpaired) electrons. The van der Waals surface area contributed by atoms with Gasteiger partial charge in [-0.1, -0.05) is 6.07 Å². The first-order valence-electron chi connectivity index (χ1n) is 5.64. The maximum absolute atomic E-state index is 5.93. The van der Waals surface area contributed by atoms with Gasteiger partial charge in [-0.2, -0.15) is 0 Å². The highest BCUT2D eigenvalue weighted by Crippen LogP contribution is 2.22. The van der Waals surface area contributed by atoms with Gasteiger partial charge in [0.25, 0.3) is 0 Å². The zero-order valence-electron chi connectivity index (χ0n) is 10.1. The lowest BCUT2D eigenvalue weighted by atomic mass is 10.2. The Bertz CT molecular complexity index is 467. The smallest absolute Gasteiger partial charge is 0.151 e. The van der Waals surface area contributed by atoms with Crippen LogP contribution in [-0.2, 0) is 6.42 Å². The minimum atomic E-state index is 0.380. The third kappa shape index (κ3) is 2.77. The SMILES string of the molecule is CC(Cc1cccs1)N(C)c1ncccc1N. The van der Waals surface area contributed by atoms with Crippen LogP contribution in [0.25, 0.3) is 0 Å². The number of anilines is 2. The predicted molar refractivity (Wildman–Crippen MR) is 74.5 cm³/mol. The van der Waals surface area contributed by atoms with Crippen LogP contribution in [0.4, 0.5) is 11.5 Å². The molecule has 90 valence electrons. The Balaban J connectivity index is 2.09. The number of hydrogen-bond acceptors (Lipinski definition) is 4. The van der Waals surface area contributed by atoms with Gasteiger partial charge in [0.05, 0.1) is 5.69 Å². The molecule has 3 nitrogen and oxygen atoms in total. The van der Waals surface area contributed by atoms with Gasteiger partial charge in [0.2, 0.25) is 0 Å². The molecule has 2 aromatic heterocycles. The minimum Gasteiger partial charge on any atom is -0.396 e. The maximum atomic E-state index is 5.93. The van der Waals surface area contributed by atoms with Crippen LogP contribution in [0.3, 0.4) is 0 Å². The van der Waals surface area contributed by atoms with Gasteiger partial charge in [-0.05, 0) is 30.5 Å². The fourth-order valence-electron chi connectivity index (χ4n) is 1.77. The Morgan fingerprint density at radius 3 is 2.88 bits per heavy atom. The number of aromatic nitrogens is 1. The van der Waals surface area contributed by atoms with Crippen LogP contribution in [0.1, 0.15) is 11.8 Å². The summed E-state index contributed by atoms with van der Waals surface area (Å²) in [6.07, 6.45) is 2.80. The van der Waals surface area contributed by atoms with Gasteiger partial charge in [-0.15, -0.1) is 11.3 Å². The van der Waals surface area contributed by atoms with Gasteiger partial charge in [0, 0.05) is 30.6 Å². The number of thiophene rings is 1. The molecule has 0 aliphatic rings. The molecule has 0 bridgehead atoms. The van der Waals surface area contributed by atoms with Crippen LogP contribution in [0.2, 0.25) is 0 Å². The zero-order chi connectivity index (χ0) is 12.3. The average Bonchev–Trinajstić information content (AvgIpc) is 2.81. The lowest BCUT2D eigenvalue weighted by Gasteiger charge is -2.26. The summed E-state index contributed by atoms with van der Waals surface area (Å²) in [4.78, 5) is 7.85. The lowest BCUT2D eigenvalue weighted by Crippen LogP contribution is -2.31. The molecule has 1 atom stereocenters. The second kappa shape index (κ2) is 5.19. The van der Waals surface area contributed by atoms with Gasteiger partial charge >= 0.3 is 0 Å². The quantitative estimate of drug-likeness (QED) is 0.903. The first kappa shape index (κ1) is 11.9. The molecule has 0 fully saturated rings. The zero-order valence-corrected chi connectivity index (χ0v) is 10.9. The van der Waals surface area contributed by atoms with E-state index in [1.165, 1.54) is 4.88 Å². The van der Waals surface area contributed by atoms with E-state index in [0.29, 0.717) is 6.04 Å². The molecule has 0 saturated carbocycles. The van der Waals surface area contributed by atoms with E-state index >= 15 is 0 Å². The first-order chi connectivity index (χ1) is 8.18. The van der Waals surface area contributed by atoms with Crippen LogP contribution in [0.5, 0.6) is 0 Å². The molecular formula is C13H17N3S. The largest absolute Gasteiger partial charge is 0.396 e. The number of likely N-dealkylation sites (N-methyl/N-ethyl adjacent to an activating group) is 1. The Kier molecular flexibility index (Phi) is 3.64. The third-order valence-electron chi connectivity index (χ3n) is 2.89. The van der Waals surface area contributed by atoms with Crippen molar-refractivity contribution in [2.75, 3.05) is 17.7 Å². The van der Waals surface area contributed by atoms with E-state index in [1.54, 1.807) is 17.5 Å². The molecule has 2 heterocycles. The van der Waals surface area contributed by atoms with Crippen molar-refractivity contribution in [2.24, 2.45) is 0 Å². The summed E-state index contributed by atoms with van der Waals surface area (Å²) in [5.74, 6) is 0.858. The molecule has 0 amide bonds. The molecule has 4 heteroatoms. The molecule has 1 unspecified atom stereocenters. The van der Waals surface area contributed by atoms with Crippen molar-refractivity contribution in [2.45, 2.75) is 19.4 Å². The van der Waals surface area contributed by atoms with E-state index in [9.17, 15) is 0 Å². The van der Waals surface area contributed by atoms with Crippen molar-refractivity contribution < 1.29 is 0 Å². The van der Waals surface area contributed by atoms with Crippen molar-refractivity contribution in [1.82, 2.24) is 4.98 Å². The van der Waals surface area contributed by atoms with Gasteiger partial charge in [0.15, 0.2) is 5.82 Å². The number of rotatable bonds is 4. The average molecular weight is 247 g/mol. The van der Waals surface area contributed by atoms with E-state index in [-0.39, 0.29) is 0 Å². The highest BCUT2D eigenvalue weighted by atomic mass is 32.1. The predicted octanol–water partition coefficient (Wildman–Crippen LogP) is 2.79. The molecule has 17 heavy (non-hydrogen) atoms. The Morgan fingerprint density at radius 2 is 2.24 bits per heavy atom. The summed E-state index contributed by atoms with van der Waals surface area (Å²) >= 11 is 1.79. The van der Waals surface area contributed by atoms with Gasteiger partial charge < -0.3 is 10.6 Å². The van der Waals surface area contributed by atoms with Crippen molar-refractivity contribution in [3.05, 3.63) is 40.7 Å². The van der Waals surface area contributed by atoms with Crippen LogP contribution in [0.15, 0.2) is 35.8 Å². The molecule has 2 N–H and O–H groups in total. The fourth-order valence-corrected chi connectivity index (χ4v) is 2.60. The van der Waals surface area contributed by atoms with Crippen molar-refractivity contribution >= 4 is 22.8 Å². The highest BCUT2D eigenvalue weighted by Gasteiger charge is 2.14. The highest BCUT2D eigenvalue weighted by molar-refractivity contribution is 7.09. The Labute approximate surface area is 106 Å². The molecular weight excluding hydrogens is 230 g/mol. The number of hydrogen-bond donors (Lipinski definition) is 1. The second-order valence-corrected chi connectivity index (χ2v) is 5.19. The molecule has 0 aliphatic carbocycles. The van der Waals surface area contributed by atoms with Gasteiger partial charge in [-0.3, -0.25) is 0 Å². The summed E-state index contributed by atoms with van der Waals surface area (Å²) in [7, 11) is 2.04. The van der Waals surface area contributed by atoms with Crippen molar-refractivity contribution in [3.63, 3.8) is 0 Å². The Morgan fingerprint density at radius 1 is 1.41 bits per heavy atom. The number of pyridine rings is 1. The fraction of sp³-hybridized carbons (Fsp3) is 0.308. The monoisotopic (exact) mass is 247 g/mol. The van der Waals surface area contributed by atoms with Crippen LogP contribution in [-0.4, -0.2) is 18.1 Å². The molecule has 0 aromatic carbocycles. The molecule has 0 spiro atoms. The summed E-state index contributed by atoms with van der Waals surface area (Å²) in [5, 5.41) is 2.11. The molecule has 2 aromatic rings. The van der Waals surface area contributed by atoms with Gasteiger partial charge in [-0.25, -0.2) is 4.98 Å². The molecule has 0 aliphatic heterocycles. The first-order valence-corrected chi connectivity index (χ1v) is 6.52.